The van der Waals surface area contributed by atoms with Gasteiger partial charge in [0.15, 0.2) is 0 Å². The molecule has 0 aliphatic heterocycles. The molecule has 2 aromatic rings. The first kappa shape index (κ1) is 21.2. The molecule has 0 aliphatic rings. The third-order valence-electron chi connectivity index (χ3n) is 4.59. The molecule has 6 N–H and O–H groups in total. The number of hydrogen-bond donors (Lipinski definition) is 6. The first-order valence-electron chi connectivity index (χ1n) is 8.02. The Labute approximate surface area is 162 Å². The molecule has 152 valence electrons. The van der Waals surface area contributed by atoms with Crippen LogP contribution in [0.25, 0.3) is 0 Å². The van der Waals surface area contributed by atoms with Gasteiger partial charge in [-0.05, 0) is 26.0 Å². The SMILES string of the molecule is Cc1c(C(=O)O)cc(C(=O)O)c(Cc2c(C(=O)O)cc(C(=O)O)c(C)c2O)c1O. The number of aromatic hydroxyl groups is 2. The summed E-state index contributed by atoms with van der Waals surface area (Å²) in [6.45, 7) is 2.48. The fourth-order valence-electron chi connectivity index (χ4n) is 3.00. The Hall–Kier alpha value is -4.08. The predicted molar refractivity (Wildman–Crippen MR) is 96.3 cm³/mol. The van der Waals surface area contributed by atoms with Crippen LogP contribution in [-0.2, 0) is 6.42 Å². The number of phenolic OH excluding ortho intramolecular Hbond substituents is 2. The molecular formula is C19H16O10. The van der Waals surface area contributed by atoms with Crippen molar-refractivity contribution in [3.05, 3.63) is 56.6 Å². The van der Waals surface area contributed by atoms with Crippen molar-refractivity contribution in [2.75, 3.05) is 0 Å². The van der Waals surface area contributed by atoms with Crippen molar-refractivity contribution in [3.8, 4) is 11.5 Å². The summed E-state index contributed by atoms with van der Waals surface area (Å²) in [4.78, 5) is 45.8. The fourth-order valence-corrected chi connectivity index (χ4v) is 3.00. The van der Waals surface area contributed by atoms with Gasteiger partial charge in [0.25, 0.3) is 0 Å². The van der Waals surface area contributed by atoms with Crippen LogP contribution in [0.2, 0.25) is 0 Å². The summed E-state index contributed by atoms with van der Waals surface area (Å²) in [5.41, 5.74) is -3.03. The topological polar surface area (TPSA) is 190 Å². The van der Waals surface area contributed by atoms with E-state index in [1.807, 2.05) is 0 Å². The monoisotopic (exact) mass is 404 g/mol. The standard InChI is InChI=1S/C19H16O10/c1-6-8(16(22)23)3-12(18(26)27)10(14(6)20)5-11-13(19(28)29)4-9(17(24)25)7(2)15(11)21/h3-4,20-21H,5H2,1-2H3,(H,22,23)(H,24,25)(H,26,27)(H,28,29). The number of benzene rings is 2. The van der Waals surface area contributed by atoms with Crippen LogP contribution in [-0.4, -0.2) is 54.5 Å². The predicted octanol–water partition coefficient (Wildman–Crippen LogP) is 2.10. The third-order valence-corrected chi connectivity index (χ3v) is 4.59. The van der Waals surface area contributed by atoms with Gasteiger partial charge in [-0.1, -0.05) is 0 Å². The molecule has 0 aromatic heterocycles. The quantitative estimate of drug-likeness (QED) is 0.416. The summed E-state index contributed by atoms with van der Waals surface area (Å²) in [5.74, 6) is -7.46. The lowest BCUT2D eigenvalue weighted by atomic mass is 9.89. The smallest absolute Gasteiger partial charge is 0.336 e. The third kappa shape index (κ3) is 3.68. The molecule has 0 unspecified atom stereocenters. The van der Waals surface area contributed by atoms with E-state index in [-0.39, 0.29) is 22.3 Å². The largest absolute Gasteiger partial charge is 0.507 e. The fraction of sp³-hybridized carbons (Fsp3) is 0.158. The van der Waals surface area contributed by atoms with Gasteiger partial charge in [0.05, 0.1) is 22.3 Å². The zero-order chi connectivity index (χ0) is 22.2. The van der Waals surface area contributed by atoms with E-state index in [2.05, 4.69) is 0 Å². The van der Waals surface area contributed by atoms with Crippen molar-refractivity contribution >= 4 is 23.9 Å². The van der Waals surface area contributed by atoms with Gasteiger partial charge in [0.2, 0.25) is 0 Å². The van der Waals surface area contributed by atoms with Gasteiger partial charge in [-0.2, -0.15) is 0 Å². The minimum atomic E-state index is -1.58. The number of phenols is 2. The number of carboxylic acid groups (broad SMARTS) is 4. The number of rotatable bonds is 6. The van der Waals surface area contributed by atoms with Crippen molar-refractivity contribution in [2.45, 2.75) is 20.3 Å². The maximum atomic E-state index is 11.6. The van der Waals surface area contributed by atoms with Crippen molar-refractivity contribution in [1.29, 1.82) is 0 Å². The summed E-state index contributed by atoms with van der Waals surface area (Å²) in [5, 5.41) is 58.0. The lowest BCUT2D eigenvalue weighted by molar-refractivity contribution is 0.0675. The van der Waals surface area contributed by atoms with Crippen molar-refractivity contribution in [2.24, 2.45) is 0 Å². The zero-order valence-corrected chi connectivity index (χ0v) is 15.2. The normalized spacial score (nSPS) is 10.6. The lowest BCUT2D eigenvalue weighted by Crippen LogP contribution is -2.13. The molecule has 2 aromatic carbocycles. The van der Waals surface area contributed by atoms with Gasteiger partial charge in [0, 0.05) is 28.7 Å². The van der Waals surface area contributed by atoms with E-state index in [1.165, 1.54) is 13.8 Å². The van der Waals surface area contributed by atoms with Crippen LogP contribution < -0.4 is 0 Å². The minimum Gasteiger partial charge on any atom is -0.507 e. The highest BCUT2D eigenvalue weighted by atomic mass is 16.4. The average molecular weight is 404 g/mol. The van der Waals surface area contributed by atoms with Crippen LogP contribution in [0.4, 0.5) is 0 Å². The van der Waals surface area contributed by atoms with E-state index >= 15 is 0 Å². The second kappa shape index (κ2) is 7.50. The highest BCUT2D eigenvalue weighted by Crippen LogP contribution is 2.36. The van der Waals surface area contributed by atoms with Gasteiger partial charge < -0.3 is 30.6 Å². The van der Waals surface area contributed by atoms with Gasteiger partial charge in [0.1, 0.15) is 11.5 Å². The molecule has 0 radical (unpaired) electrons. The second-order valence-electron chi connectivity index (χ2n) is 6.25. The molecule has 0 spiro atoms. The Bertz CT molecular complexity index is 996. The molecule has 0 saturated heterocycles. The summed E-state index contributed by atoms with van der Waals surface area (Å²) >= 11 is 0. The van der Waals surface area contributed by atoms with Crippen LogP contribution in [0.5, 0.6) is 11.5 Å². The summed E-state index contributed by atoms with van der Waals surface area (Å²) in [7, 11) is 0. The van der Waals surface area contributed by atoms with E-state index in [0.717, 1.165) is 12.1 Å². The Morgan fingerprint density at radius 3 is 1.14 bits per heavy atom. The Kier molecular flexibility index (Phi) is 5.49. The first-order valence-corrected chi connectivity index (χ1v) is 8.02. The highest BCUT2D eigenvalue weighted by Gasteiger charge is 2.27. The zero-order valence-electron chi connectivity index (χ0n) is 15.2. The summed E-state index contributed by atoms with van der Waals surface area (Å²) < 4.78 is 0. The number of hydrogen-bond acceptors (Lipinski definition) is 6. The van der Waals surface area contributed by atoms with Gasteiger partial charge >= 0.3 is 23.9 Å². The molecule has 0 saturated carbocycles. The van der Waals surface area contributed by atoms with Crippen molar-refractivity contribution < 1.29 is 49.8 Å². The van der Waals surface area contributed by atoms with Crippen LogP contribution in [0.1, 0.15) is 63.7 Å². The molecule has 29 heavy (non-hydrogen) atoms. The minimum absolute atomic E-state index is 0.146. The molecule has 0 atom stereocenters. The van der Waals surface area contributed by atoms with Crippen molar-refractivity contribution in [3.63, 3.8) is 0 Å². The van der Waals surface area contributed by atoms with Gasteiger partial charge in [-0.3, -0.25) is 0 Å². The average Bonchev–Trinajstić information content (AvgIpc) is 2.61. The summed E-state index contributed by atoms with van der Waals surface area (Å²) in [6, 6.07) is 1.65. The van der Waals surface area contributed by atoms with Crippen LogP contribution >= 0.6 is 0 Å². The molecule has 10 heteroatoms. The van der Waals surface area contributed by atoms with Crippen LogP contribution in [0.3, 0.4) is 0 Å². The second-order valence-corrected chi connectivity index (χ2v) is 6.25. The Morgan fingerprint density at radius 1 is 0.621 bits per heavy atom. The van der Waals surface area contributed by atoms with E-state index in [1.54, 1.807) is 0 Å². The molecular weight excluding hydrogens is 388 g/mol. The van der Waals surface area contributed by atoms with E-state index < -0.39 is 64.1 Å². The molecule has 0 bridgehead atoms. The van der Waals surface area contributed by atoms with E-state index in [0.29, 0.717) is 0 Å². The molecule has 0 amide bonds. The highest BCUT2D eigenvalue weighted by molar-refractivity contribution is 5.99. The maximum absolute atomic E-state index is 11.6. The van der Waals surface area contributed by atoms with Crippen LogP contribution in [0.15, 0.2) is 12.1 Å². The van der Waals surface area contributed by atoms with Crippen molar-refractivity contribution in [1.82, 2.24) is 0 Å². The number of carboxylic acids is 4. The molecule has 0 heterocycles. The Balaban J connectivity index is 2.84. The maximum Gasteiger partial charge on any atom is 0.336 e. The molecule has 10 nitrogen and oxygen atoms in total. The summed E-state index contributed by atoms with van der Waals surface area (Å²) in [6.07, 6.45) is -0.595. The molecule has 0 fully saturated rings. The van der Waals surface area contributed by atoms with Gasteiger partial charge in [-0.25, -0.2) is 19.2 Å². The lowest BCUT2D eigenvalue weighted by Gasteiger charge is -2.17. The first-order chi connectivity index (χ1) is 13.4. The number of aromatic carboxylic acids is 4. The Morgan fingerprint density at radius 2 is 0.897 bits per heavy atom. The molecule has 2 rings (SSSR count). The molecule has 0 aliphatic carbocycles. The number of carbonyl (C=O) groups is 4. The van der Waals surface area contributed by atoms with E-state index in [9.17, 15) is 49.8 Å². The van der Waals surface area contributed by atoms with Gasteiger partial charge in [-0.15, -0.1) is 0 Å². The van der Waals surface area contributed by atoms with Crippen LogP contribution in [0, 0.1) is 13.8 Å². The van der Waals surface area contributed by atoms with E-state index in [4.69, 9.17) is 0 Å².